The highest BCUT2D eigenvalue weighted by atomic mass is 19.2. The fourth-order valence-electron chi connectivity index (χ4n) is 7.32. The van der Waals surface area contributed by atoms with E-state index in [1.54, 1.807) is 36.1 Å². The lowest BCUT2D eigenvalue weighted by Crippen LogP contribution is -2.30. The van der Waals surface area contributed by atoms with Crippen molar-refractivity contribution >= 4 is 39.5 Å². The Morgan fingerprint density at radius 1 is 1.00 bits per heavy atom. The third-order valence-electron chi connectivity index (χ3n) is 9.72. The highest BCUT2D eigenvalue weighted by Gasteiger charge is 2.34. The first-order valence-corrected chi connectivity index (χ1v) is 17.3. The molecule has 3 atom stereocenters. The van der Waals surface area contributed by atoms with Crippen LogP contribution in [0.3, 0.4) is 0 Å². The zero-order chi connectivity index (χ0) is 36.5. The Kier molecular flexibility index (Phi) is 10.00. The Hall–Kier alpha value is -5.24. The minimum Gasteiger partial charge on any atom is -0.467 e. The summed E-state index contributed by atoms with van der Waals surface area (Å²) in [5, 5.41) is 3.87. The number of methoxy groups -OCH3 is 1. The van der Waals surface area contributed by atoms with Gasteiger partial charge in [-0.1, -0.05) is 24.3 Å². The first-order valence-electron chi connectivity index (χ1n) is 17.3. The van der Waals surface area contributed by atoms with Crippen LogP contribution in [-0.2, 0) is 4.79 Å². The molecule has 0 saturated carbocycles. The molecule has 270 valence electrons. The molecule has 8 rings (SSSR count). The number of rotatable bonds is 6. The van der Waals surface area contributed by atoms with Crippen molar-refractivity contribution in [3.8, 4) is 17.3 Å². The maximum Gasteiger partial charge on any atom is 0.318 e. The highest BCUT2D eigenvalue weighted by molar-refractivity contribution is 5.99. The third-order valence-corrected chi connectivity index (χ3v) is 9.72. The molecule has 3 aliphatic rings. The van der Waals surface area contributed by atoms with Gasteiger partial charge in [-0.15, -0.1) is 0 Å². The van der Waals surface area contributed by atoms with E-state index in [9.17, 15) is 18.0 Å². The molecule has 3 fully saturated rings. The lowest BCUT2D eigenvalue weighted by Gasteiger charge is -2.17. The van der Waals surface area contributed by atoms with Crippen LogP contribution in [0, 0.1) is 31.3 Å². The molecule has 14 heteroatoms. The summed E-state index contributed by atoms with van der Waals surface area (Å²) in [7, 11) is 1.36. The van der Waals surface area contributed by atoms with Gasteiger partial charge in [0, 0.05) is 60.6 Å². The van der Waals surface area contributed by atoms with Crippen LogP contribution in [0.4, 0.5) is 23.4 Å². The molecule has 3 aromatic heterocycles. The van der Waals surface area contributed by atoms with E-state index in [-0.39, 0.29) is 51.3 Å². The van der Waals surface area contributed by atoms with Gasteiger partial charge in [0.25, 0.3) is 0 Å². The summed E-state index contributed by atoms with van der Waals surface area (Å²) in [6.45, 7) is 6.40. The maximum absolute atomic E-state index is 16.0. The average Bonchev–Trinajstić information content (AvgIpc) is 3.86. The molecular formula is C38H38F4N8O2. The smallest absolute Gasteiger partial charge is 0.318 e. The van der Waals surface area contributed by atoms with Crippen molar-refractivity contribution < 1.29 is 27.1 Å². The van der Waals surface area contributed by atoms with E-state index in [4.69, 9.17) is 4.74 Å². The van der Waals surface area contributed by atoms with E-state index >= 15 is 4.39 Å². The number of ether oxygens (including phenoxy) is 1. The number of likely N-dealkylation sites (tertiary alicyclic amines) is 1. The topological polar surface area (TPSA) is 109 Å². The number of hydrogen-bond acceptors (Lipinski definition) is 9. The van der Waals surface area contributed by atoms with Gasteiger partial charge in [0.05, 0.1) is 18.2 Å². The monoisotopic (exact) mass is 714 g/mol. The number of fused-ring (bicyclic) bond motifs is 3. The van der Waals surface area contributed by atoms with E-state index < -0.39 is 23.6 Å². The van der Waals surface area contributed by atoms with E-state index in [1.165, 1.54) is 44.4 Å². The van der Waals surface area contributed by atoms with Crippen LogP contribution in [0.15, 0.2) is 48.7 Å². The number of aryl methyl sites for hydroxylation is 2. The first-order chi connectivity index (χ1) is 25.1. The zero-order valence-electron chi connectivity index (χ0n) is 29.0. The van der Waals surface area contributed by atoms with Crippen LogP contribution in [0.5, 0.6) is 6.01 Å². The summed E-state index contributed by atoms with van der Waals surface area (Å²) in [5.41, 5.74) is 1.27. The van der Waals surface area contributed by atoms with Gasteiger partial charge in [0.2, 0.25) is 5.91 Å². The molecule has 5 aromatic rings. The Morgan fingerprint density at radius 2 is 1.85 bits per heavy atom. The number of nitrogens with one attached hydrogen (secondary N) is 1. The Morgan fingerprint density at radius 3 is 2.63 bits per heavy atom. The molecule has 1 N–H and O–H groups in total. The molecule has 1 amide bonds. The second-order valence-electron chi connectivity index (χ2n) is 13.4. The summed E-state index contributed by atoms with van der Waals surface area (Å²) in [5.74, 6) is -2.23. The number of pyridine rings is 1. The van der Waals surface area contributed by atoms with Crippen molar-refractivity contribution in [2.45, 2.75) is 57.8 Å². The molecule has 3 saturated heterocycles. The number of aromatic nitrogens is 5. The lowest BCUT2D eigenvalue weighted by molar-refractivity contribution is -0.124. The third kappa shape index (κ3) is 7.25. The summed E-state index contributed by atoms with van der Waals surface area (Å²) >= 11 is 0. The fourth-order valence-corrected chi connectivity index (χ4v) is 7.32. The fraction of sp³-hybridized carbons (Fsp3) is 0.368. The predicted molar refractivity (Wildman–Crippen MR) is 190 cm³/mol. The minimum absolute atomic E-state index is 0.0811. The average molecular weight is 715 g/mol. The number of hydrogen-bond donors (Lipinski definition) is 1. The SMILES string of the molecule is COc1nc(NC2CCN(C(=O)/C=C/c3cc(C)nc(C)n3)C2)c2cnc(-c3cccc4ccc(F)c(F)c34)c(F)c2n1.FC1CC2CCCN2C1. The van der Waals surface area contributed by atoms with E-state index in [2.05, 4.69) is 35.1 Å². The summed E-state index contributed by atoms with van der Waals surface area (Å²) in [6, 6.07) is 9.27. The van der Waals surface area contributed by atoms with Crippen molar-refractivity contribution in [3.05, 3.63) is 83.3 Å². The largest absolute Gasteiger partial charge is 0.467 e. The van der Waals surface area contributed by atoms with Gasteiger partial charge in [-0.25, -0.2) is 27.5 Å². The Bertz CT molecular complexity index is 2150. The molecule has 0 spiro atoms. The molecule has 6 heterocycles. The van der Waals surface area contributed by atoms with Crippen molar-refractivity contribution in [2.75, 3.05) is 38.6 Å². The number of amides is 1. The summed E-state index contributed by atoms with van der Waals surface area (Å²) in [6.07, 6.45) is 7.96. The number of alkyl halides is 1. The number of carbonyl (C=O) groups excluding carboxylic acids is 1. The van der Waals surface area contributed by atoms with Gasteiger partial charge in [-0.05, 0) is 69.7 Å². The standard InChI is InChI=1S/C31H26F3N7O2.C7H12FN/c1-16-13-19(37-17(2)36-16)8-10-24(42)41-12-11-20(15-41)38-30-22-14-35-28(27(34)29(22)39-31(40-30)43-3)21-6-4-5-18-7-9-23(32)26(33)25(18)21;8-6-4-7-2-1-3-9(7)5-6/h4-10,13-14,20H,11-12,15H2,1-3H3,(H,38,39,40);6-7H,1-5H2/b10-8+;. The molecule has 2 aromatic carbocycles. The molecule has 0 aliphatic carbocycles. The number of carbonyl (C=O) groups is 1. The molecule has 0 bridgehead atoms. The van der Waals surface area contributed by atoms with Gasteiger partial charge < -0.3 is 15.0 Å². The Labute approximate surface area is 298 Å². The maximum atomic E-state index is 16.0. The lowest BCUT2D eigenvalue weighted by atomic mass is 10.00. The molecule has 3 unspecified atom stereocenters. The van der Waals surface area contributed by atoms with E-state index in [1.807, 2.05) is 6.92 Å². The number of benzene rings is 2. The van der Waals surface area contributed by atoms with Gasteiger partial charge in [0.15, 0.2) is 17.5 Å². The van der Waals surface area contributed by atoms with E-state index in [0.717, 1.165) is 24.7 Å². The van der Waals surface area contributed by atoms with Crippen LogP contribution < -0.4 is 10.1 Å². The number of anilines is 1. The zero-order valence-corrected chi connectivity index (χ0v) is 29.0. The van der Waals surface area contributed by atoms with Crippen molar-refractivity contribution in [1.29, 1.82) is 0 Å². The van der Waals surface area contributed by atoms with E-state index in [0.29, 0.717) is 49.0 Å². The quantitative estimate of drug-likeness (QED) is 0.154. The van der Waals surface area contributed by atoms with Crippen LogP contribution in [0.25, 0.3) is 39.0 Å². The van der Waals surface area contributed by atoms with Crippen LogP contribution >= 0.6 is 0 Å². The molecule has 52 heavy (non-hydrogen) atoms. The van der Waals surface area contributed by atoms with Crippen molar-refractivity contribution in [2.24, 2.45) is 0 Å². The number of halogens is 4. The second kappa shape index (κ2) is 14.8. The predicted octanol–water partition coefficient (Wildman–Crippen LogP) is 6.60. The molecule has 10 nitrogen and oxygen atoms in total. The summed E-state index contributed by atoms with van der Waals surface area (Å²) in [4.78, 5) is 38.3. The number of nitrogens with zero attached hydrogens (tertiary/aromatic N) is 7. The van der Waals surface area contributed by atoms with Gasteiger partial charge in [-0.3, -0.25) is 14.7 Å². The van der Waals surface area contributed by atoms with Crippen molar-refractivity contribution in [3.63, 3.8) is 0 Å². The highest BCUT2D eigenvalue weighted by Crippen LogP contribution is 2.36. The second-order valence-corrected chi connectivity index (χ2v) is 13.4. The van der Waals surface area contributed by atoms with Gasteiger partial charge in [0.1, 0.15) is 29.0 Å². The van der Waals surface area contributed by atoms with Crippen LogP contribution in [-0.4, -0.2) is 92.2 Å². The Balaban J connectivity index is 0.000000404. The van der Waals surface area contributed by atoms with Gasteiger partial charge >= 0.3 is 6.01 Å². The summed E-state index contributed by atoms with van der Waals surface area (Å²) < 4.78 is 62.8. The van der Waals surface area contributed by atoms with Crippen molar-refractivity contribution in [1.82, 2.24) is 34.7 Å². The molecule has 3 aliphatic heterocycles. The minimum atomic E-state index is -1.09. The normalized spacial score (nSPS) is 20.1. The first kappa shape index (κ1) is 35.2. The molecule has 0 radical (unpaired) electrons. The molecular weight excluding hydrogens is 676 g/mol. The van der Waals surface area contributed by atoms with Crippen LogP contribution in [0.1, 0.15) is 42.9 Å². The van der Waals surface area contributed by atoms with Gasteiger partial charge in [-0.2, -0.15) is 9.97 Å². The van der Waals surface area contributed by atoms with Crippen LogP contribution in [0.2, 0.25) is 0 Å².